The summed E-state index contributed by atoms with van der Waals surface area (Å²) in [7, 11) is 0. The first kappa shape index (κ1) is 25.7. The third-order valence-corrected chi connectivity index (χ3v) is 8.09. The molecule has 0 aliphatic heterocycles. The topological polar surface area (TPSA) is 18.5 Å². The van der Waals surface area contributed by atoms with E-state index in [2.05, 4.69) is 140 Å². The molecule has 0 amide bonds. The molecule has 0 saturated carbocycles. The van der Waals surface area contributed by atoms with Crippen molar-refractivity contribution in [3.8, 4) is 29.2 Å². The summed E-state index contributed by atoms with van der Waals surface area (Å²) in [6.07, 6.45) is 9.98. The van der Waals surface area contributed by atoms with E-state index < -0.39 is 5.41 Å². The maximum absolute atomic E-state index is 6.48. The number of hydrogen-bond donors (Lipinski definition) is 0. The molecule has 0 N–H and O–H groups in total. The van der Waals surface area contributed by atoms with E-state index in [0.29, 0.717) is 13.2 Å². The minimum Gasteiger partial charge on any atom is -0.491 e. The lowest BCUT2D eigenvalue weighted by atomic mass is 9.64. The molecule has 2 atom stereocenters. The smallest absolute Gasteiger partial charge is 0.124 e. The molecule has 2 heteroatoms. The zero-order chi connectivity index (χ0) is 27.4. The normalized spacial score (nSPS) is 15.3. The predicted molar refractivity (Wildman–Crippen MR) is 166 cm³/mol. The lowest BCUT2D eigenvalue weighted by Crippen LogP contribution is -2.31. The maximum atomic E-state index is 6.48. The van der Waals surface area contributed by atoms with Crippen molar-refractivity contribution in [2.45, 2.75) is 18.3 Å². The fraction of sp³-hybridized carbons (Fsp3) is 0.158. The van der Waals surface area contributed by atoms with Crippen LogP contribution in [0.3, 0.4) is 0 Å². The Labute approximate surface area is 236 Å². The van der Waals surface area contributed by atoms with Crippen LogP contribution in [-0.2, 0) is 10.2 Å². The minimum absolute atomic E-state index is 0.122. The number of ether oxygens (including phenoxy) is 2. The van der Waals surface area contributed by atoms with Crippen LogP contribution in [-0.4, -0.2) is 19.8 Å². The maximum Gasteiger partial charge on any atom is 0.124 e. The summed E-state index contributed by atoms with van der Waals surface area (Å²) < 4.78 is 12.0. The second-order valence-corrected chi connectivity index (χ2v) is 10.4. The van der Waals surface area contributed by atoms with Gasteiger partial charge in [-0.05, 0) is 44.7 Å². The van der Waals surface area contributed by atoms with Crippen molar-refractivity contribution in [2.75, 3.05) is 19.8 Å². The first-order valence-corrected chi connectivity index (χ1v) is 13.8. The van der Waals surface area contributed by atoms with Gasteiger partial charge < -0.3 is 9.47 Å². The molecule has 0 spiro atoms. The van der Waals surface area contributed by atoms with Crippen LogP contribution in [0.25, 0.3) is 28.0 Å². The highest BCUT2D eigenvalue weighted by atomic mass is 16.5. The molecule has 5 aromatic rings. The largest absolute Gasteiger partial charge is 0.491 e. The van der Waals surface area contributed by atoms with Gasteiger partial charge >= 0.3 is 0 Å². The monoisotopic (exact) mass is 520 g/mol. The summed E-state index contributed by atoms with van der Waals surface area (Å²) in [5, 5.41) is 2.38. The zero-order valence-corrected chi connectivity index (χ0v) is 22.7. The molecule has 2 nitrogen and oxygen atoms in total. The Morgan fingerprint density at radius 1 is 0.750 bits per heavy atom. The van der Waals surface area contributed by atoms with Crippen molar-refractivity contribution < 1.29 is 9.47 Å². The van der Waals surface area contributed by atoms with E-state index in [1.807, 2.05) is 0 Å². The Morgan fingerprint density at radius 2 is 1.48 bits per heavy atom. The van der Waals surface area contributed by atoms with Crippen LogP contribution in [0, 0.1) is 12.3 Å². The zero-order valence-electron chi connectivity index (χ0n) is 22.7. The average Bonchev–Trinajstić information content (AvgIpc) is 3.46. The van der Waals surface area contributed by atoms with Gasteiger partial charge in [0.2, 0.25) is 0 Å². The quantitative estimate of drug-likeness (QED) is 0.143. The average molecular weight is 521 g/mol. The number of hydrogen-bond acceptors (Lipinski definition) is 2. The lowest BCUT2D eigenvalue weighted by Gasteiger charge is -2.39. The standard InChI is InChI=1S/C38H32O2/c1-3-25-39-26-27-40-36-24-20-31-14-8-10-16-34(31)37(36)38(2,35-23-19-30-13-7-9-15-33(30)35)32-21-17-29(18-22-32)28-11-5-4-6-12-28/h1,4-24,35H,25-27H2,2H3. The number of fused-ring (bicyclic) bond motifs is 2. The van der Waals surface area contributed by atoms with Crippen LogP contribution in [0.1, 0.15) is 35.1 Å². The van der Waals surface area contributed by atoms with E-state index in [9.17, 15) is 0 Å². The molecule has 0 aromatic heterocycles. The Bertz CT molecular complexity index is 1690. The van der Waals surface area contributed by atoms with Gasteiger partial charge in [0.1, 0.15) is 19.0 Å². The van der Waals surface area contributed by atoms with Crippen molar-refractivity contribution >= 4 is 16.8 Å². The van der Waals surface area contributed by atoms with Crippen molar-refractivity contribution in [3.05, 3.63) is 144 Å². The number of allylic oxidation sites excluding steroid dienone is 1. The summed E-state index contributed by atoms with van der Waals surface area (Å²) >= 11 is 0. The molecule has 5 aromatic carbocycles. The second kappa shape index (κ2) is 11.3. The van der Waals surface area contributed by atoms with Crippen molar-refractivity contribution in [2.24, 2.45) is 0 Å². The van der Waals surface area contributed by atoms with Gasteiger partial charge in [0.05, 0.1) is 6.61 Å². The van der Waals surface area contributed by atoms with E-state index in [4.69, 9.17) is 15.9 Å². The summed E-state index contributed by atoms with van der Waals surface area (Å²) in [5.41, 5.74) is 7.01. The van der Waals surface area contributed by atoms with Gasteiger partial charge in [0.25, 0.3) is 0 Å². The Balaban J connectivity index is 1.53. The fourth-order valence-corrected chi connectivity index (χ4v) is 6.12. The van der Waals surface area contributed by atoms with Gasteiger partial charge in [-0.25, -0.2) is 0 Å². The molecule has 0 saturated heterocycles. The van der Waals surface area contributed by atoms with Crippen LogP contribution in [0.4, 0.5) is 0 Å². The molecular formula is C38H32O2. The lowest BCUT2D eigenvalue weighted by molar-refractivity contribution is 0.123. The second-order valence-electron chi connectivity index (χ2n) is 10.4. The Morgan fingerprint density at radius 3 is 2.30 bits per heavy atom. The Hall–Kier alpha value is -4.58. The number of rotatable bonds is 9. The van der Waals surface area contributed by atoms with Gasteiger partial charge in [0.15, 0.2) is 0 Å². The van der Waals surface area contributed by atoms with Crippen LogP contribution in [0.2, 0.25) is 0 Å². The highest BCUT2D eigenvalue weighted by Crippen LogP contribution is 2.53. The first-order chi connectivity index (χ1) is 19.7. The van der Waals surface area contributed by atoms with Gasteiger partial charge in [0, 0.05) is 16.9 Å². The molecule has 0 bridgehead atoms. The van der Waals surface area contributed by atoms with E-state index in [0.717, 1.165) is 5.75 Å². The summed E-state index contributed by atoms with van der Waals surface area (Å²) in [4.78, 5) is 0. The first-order valence-electron chi connectivity index (χ1n) is 13.8. The van der Waals surface area contributed by atoms with Gasteiger partial charge in [-0.1, -0.05) is 134 Å². The summed E-state index contributed by atoms with van der Waals surface area (Å²) in [5.74, 6) is 3.52. The highest BCUT2D eigenvalue weighted by molar-refractivity contribution is 5.90. The highest BCUT2D eigenvalue weighted by Gasteiger charge is 2.42. The van der Waals surface area contributed by atoms with Gasteiger partial charge in [-0.2, -0.15) is 0 Å². The van der Waals surface area contributed by atoms with Crippen LogP contribution in [0.5, 0.6) is 5.75 Å². The van der Waals surface area contributed by atoms with E-state index in [1.54, 1.807) is 0 Å². The van der Waals surface area contributed by atoms with E-state index >= 15 is 0 Å². The molecule has 0 fully saturated rings. The van der Waals surface area contributed by atoms with E-state index in [1.165, 1.54) is 44.2 Å². The molecule has 1 aliphatic carbocycles. The molecule has 1 aliphatic rings. The fourth-order valence-electron chi connectivity index (χ4n) is 6.12. The molecule has 0 radical (unpaired) electrons. The van der Waals surface area contributed by atoms with Crippen LogP contribution >= 0.6 is 0 Å². The van der Waals surface area contributed by atoms with Gasteiger partial charge in [-0.15, -0.1) is 6.42 Å². The molecule has 0 heterocycles. The molecule has 6 rings (SSSR count). The predicted octanol–water partition coefficient (Wildman–Crippen LogP) is 8.65. The SMILES string of the molecule is C#CCOCCOc1ccc2ccccc2c1C(C)(c1ccc(-c2ccccc2)cc1)C1C=Cc2ccccc21. The van der Waals surface area contributed by atoms with Crippen LogP contribution < -0.4 is 4.74 Å². The third kappa shape index (κ3) is 4.70. The summed E-state index contributed by atoms with van der Waals surface area (Å²) in [6, 6.07) is 41.2. The third-order valence-electron chi connectivity index (χ3n) is 8.09. The Kier molecular flexibility index (Phi) is 7.23. The van der Waals surface area contributed by atoms with Crippen LogP contribution in [0.15, 0.2) is 121 Å². The van der Waals surface area contributed by atoms with Crippen molar-refractivity contribution in [1.82, 2.24) is 0 Å². The molecule has 2 unspecified atom stereocenters. The van der Waals surface area contributed by atoms with Crippen molar-refractivity contribution in [1.29, 1.82) is 0 Å². The van der Waals surface area contributed by atoms with E-state index in [-0.39, 0.29) is 12.5 Å². The number of terminal acetylenes is 1. The van der Waals surface area contributed by atoms with Crippen molar-refractivity contribution in [3.63, 3.8) is 0 Å². The van der Waals surface area contributed by atoms with Gasteiger partial charge in [-0.3, -0.25) is 0 Å². The molecule has 196 valence electrons. The molecule has 40 heavy (non-hydrogen) atoms. The number of benzene rings is 5. The minimum atomic E-state index is -0.422. The molecular weight excluding hydrogens is 488 g/mol. The summed E-state index contributed by atoms with van der Waals surface area (Å²) in [6.45, 7) is 3.51.